The van der Waals surface area contributed by atoms with E-state index in [1.54, 1.807) is 12.1 Å². The Bertz CT molecular complexity index is 558. The fourth-order valence-electron chi connectivity index (χ4n) is 1.86. The molecule has 0 aliphatic rings. The molecule has 100 valence electrons. The number of hydrogen-bond acceptors (Lipinski definition) is 2. The van der Waals surface area contributed by atoms with Crippen LogP contribution in [-0.4, -0.2) is 0 Å². The first-order chi connectivity index (χ1) is 9.10. The molecule has 0 aliphatic carbocycles. The van der Waals surface area contributed by atoms with Crippen LogP contribution in [0.4, 0.5) is 8.78 Å². The quantitative estimate of drug-likeness (QED) is 0.666. The maximum Gasteiger partial charge on any atom is 0.159 e. The molecular weight excluding hydrogens is 270 g/mol. The van der Waals surface area contributed by atoms with E-state index in [2.05, 4.69) is 5.43 Å². The van der Waals surface area contributed by atoms with E-state index in [0.717, 1.165) is 17.7 Å². The summed E-state index contributed by atoms with van der Waals surface area (Å²) < 4.78 is 26.1. The lowest BCUT2D eigenvalue weighted by atomic mass is 9.99. The van der Waals surface area contributed by atoms with E-state index < -0.39 is 11.6 Å². The zero-order valence-corrected chi connectivity index (χ0v) is 10.8. The Morgan fingerprint density at radius 3 is 2.32 bits per heavy atom. The summed E-state index contributed by atoms with van der Waals surface area (Å²) in [7, 11) is 0. The molecule has 0 aromatic heterocycles. The Morgan fingerprint density at radius 1 is 1.05 bits per heavy atom. The van der Waals surface area contributed by atoms with Crippen molar-refractivity contribution < 1.29 is 8.78 Å². The van der Waals surface area contributed by atoms with Gasteiger partial charge in [-0.05, 0) is 41.8 Å². The Balaban J connectivity index is 2.19. The highest BCUT2D eigenvalue weighted by Gasteiger charge is 2.13. The Labute approximate surface area is 115 Å². The van der Waals surface area contributed by atoms with Gasteiger partial charge in [0.2, 0.25) is 0 Å². The van der Waals surface area contributed by atoms with Gasteiger partial charge < -0.3 is 0 Å². The van der Waals surface area contributed by atoms with Gasteiger partial charge >= 0.3 is 0 Å². The first-order valence-corrected chi connectivity index (χ1v) is 6.13. The fraction of sp³-hybridized carbons (Fsp3) is 0.143. The minimum Gasteiger partial charge on any atom is -0.271 e. The maximum absolute atomic E-state index is 13.2. The third-order valence-corrected chi connectivity index (χ3v) is 3.15. The number of benzene rings is 2. The van der Waals surface area contributed by atoms with E-state index in [1.165, 1.54) is 6.07 Å². The standard InChI is InChI=1S/C14H13ClF2N2/c15-11-4-1-9(2-5-11)7-14(19-18)10-3-6-12(16)13(17)8-10/h1-6,8,14,19H,7,18H2. The summed E-state index contributed by atoms with van der Waals surface area (Å²) in [6, 6.07) is 10.7. The van der Waals surface area contributed by atoms with Crippen LogP contribution in [0.15, 0.2) is 42.5 Å². The summed E-state index contributed by atoms with van der Waals surface area (Å²) in [6.07, 6.45) is 0.554. The molecule has 0 fully saturated rings. The second-order valence-corrected chi connectivity index (χ2v) is 4.66. The van der Waals surface area contributed by atoms with Crippen molar-refractivity contribution in [1.82, 2.24) is 5.43 Å². The molecule has 5 heteroatoms. The lowest BCUT2D eigenvalue weighted by Gasteiger charge is -2.16. The number of nitrogens with two attached hydrogens (primary N) is 1. The van der Waals surface area contributed by atoms with Gasteiger partial charge in [0.05, 0.1) is 6.04 Å². The highest BCUT2D eigenvalue weighted by molar-refractivity contribution is 6.30. The zero-order valence-electron chi connectivity index (χ0n) is 10.0. The molecule has 0 aliphatic heterocycles. The third kappa shape index (κ3) is 3.50. The summed E-state index contributed by atoms with van der Waals surface area (Å²) in [5.74, 6) is 3.73. The minimum atomic E-state index is -0.881. The molecule has 3 N–H and O–H groups in total. The summed E-state index contributed by atoms with van der Waals surface area (Å²) in [4.78, 5) is 0. The predicted molar refractivity (Wildman–Crippen MR) is 71.6 cm³/mol. The van der Waals surface area contributed by atoms with E-state index in [9.17, 15) is 8.78 Å². The molecule has 1 atom stereocenters. The van der Waals surface area contributed by atoms with Crippen LogP contribution in [0, 0.1) is 11.6 Å². The van der Waals surface area contributed by atoms with Gasteiger partial charge in [-0.3, -0.25) is 11.3 Å². The molecule has 0 bridgehead atoms. The van der Waals surface area contributed by atoms with E-state index in [4.69, 9.17) is 17.4 Å². The number of hydrogen-bond donors (Lipinski definition) is 2. The fourth-order valence-corrected chi connectivity index (χ4v) is 1.98. The lowest BCUT2D eigenvalue weighted by Crippen LogP contribution is -2.29. The van der Waals surface area contributed by atoms with E-state index in [-0.39, 0.29) is 6.04 Å². The Morgan fingerprint density at radius 2 is 1.74 bits per heavy atom. The molecule has 1 unspecified atom stereocenters. The van der Waals surface area contributed by atoms with Crippen molar-refractivity contribution in [1.29, 1.82) is 0 Å². The minimum absolute atomic E-state index is 0.295. The first kappa shape index (κ1) is 13.9. The number of rotatable bonds is 4. The molecule has 0 spiro atoms. The molecule has 19 heavy (non-hydrogen) atoms. The van der Waals surface area contributed by atoms with Gasteiger partial charge in [0, 0.05) is 5.02 Å². The largest absolute Gasteiger partial charge is 0.271 e. The van der Waals surface area contributed by atoms with Gasteiger partial charge in [0.1, 0.15) is 0 Å². The van der Waals surface area contributed by atoms with Crippen molar-refractivity contribution in [2.45, 2.75) is 12.5 Å². The molecule has 2 nitrogen and oxygen atoms in total. The van der Waals surface area contributed by atoms with Crippen LogP contribution in [0.25, 0.3) is 0 Å². The molecule has 2 rings (SSSR count). The second kappa shape index (κ2) is 6.10. The van der Waals surface area contributed by atoms with Crippen molar-refractivity contribution in [3.8, 4) is 0 Å². The second-order valence-electron chi connectivity index (χ2n) is 4.22. The van der Waals surface area contributed by atoms with Crippen LogP contribution >= 0.6 is 11.6 Å². The smallest absolute Gasteiger partial charge is 0.159 e. The Hall–Kier alpha value is -1.49. The number of hydrazine groups is 1. The van der Waals surface area contributed by atoms with Gasteiger partial charge in [-0.2, -0.15) is 0 Å². The average molecular weight is 283 g/mol. The molecule has 0 amide bonds. The first-order valence-electron chi connectivity index (χ1n) is 5.75. The van der Waals surface area contributed by atoms with E-state index in [0.29, 0.717) is 17.0 Å². The van der Waals surface area contributed by atoms with Crippen LogP contribution in [0.1, 0.15) is 17.2 Å². The monoisotopic (exact) mass is 282 g/mol. The predicted octanol–water partition coefficient (Wildman–Crippen LogP) is 3.37. The lowest BCUT2D eigenvalue weighted by molar-refractivity contribution is 0.497. The zero-order chi connectivity index (χ0) is 13.8. The van der Waals surface area contributed by atoms with Gasteiger partial charge in [-0.1, -0.05) is 29.8 Å². The molecule has 2 aromatic carbocycles. The maximum atomic E-state index is 13.2. The summed E-state index contributed by atoms with van der Waals surface area (Å²) >= 11 is 5.81. The highest BCUT2D eigenvalue weighted by Crippen LogP contribution is 2.21. The van der Waals surface area contributed by atoms with E-state index in [1.807, 2.05) is 12.1 Å². The van der Waals surface area contributed by atoms with Gasteiger partial charge in [-0.15, -0.1) is 0 Å². The van der Waals surface area contributed by atoms with Crippen LogP contribution < -0.4 is 11.3 Å². The van der Waals surface area contributed by atoms with Crippen LogP contribution in [0.3, 0.4) is 0 Å². The number of halogens is 3. The summed E-state index contributed by atoms with van der Waals surface area (Å²) in [5, 5.41) is 0.647. The van der Waals surface area contributed by atoms with Gasteiger partial charge in [-0.25, -0.2) is 8.78 Å². The average Bonchev–Trinajstić information content (AvgIpc) is 2.41. The molecular formula is C14H13ClF2N2. The van der Waals surface area contributed by atoms with Crippen LogP contribution in [0.2, 0.25) is 5.02 Å². The highest BCUT2D eigenvalue weighted by atomic mass is 35.5. The van der Waals surface area contributed by atoms with Crippen LogP contribution in [0.5, 0.6) is 0 Å². The molecule has 0 radical (unpaired) electrons. The summed E-state index contributed by atoms with van der Waals surface area (Å²) in [5.41, 5.74) is 4.20. The SMILES string of the molecule is NNC(Cc1ccc(Cl)cc1)c1ccc(F)c(F)c1. The van der Waals surface area contributed by atoms with Crippen molar-refractivity contribution in [2.24, 2.45) is 5.84 Å². The van der Waals surface area contributed by atoms with E-state index >= 15 is 0 Å². The van der Waals surface area contributed by atoms with Gasteiger partial charge in [0.25, 0.3) is 0 Å². The number of nitrogens with one attached hydrogen (secondary N) is 1. The molecule has 0 saturated heterocycles. The molecule has 2 aromatic rings. The van der Waals surface area contributed by atoms with Gasteiger partial charge in [0.15, 0.2) is 11.6 Å². The van der Waals surface area contributed by atoms with Crippen molar-refractivity contribution in [3.05, 3.63) is 70.2 Å². The van der Waals surface area contributed by atoms with Crippen molar-refractivity contribution >= 4 is 11.6 Å². The normalized spacial score (nSPS) is 12.4. The molecule has 0 heterocycles. The summed E-state index contributed by atoms with van der Waals surface area (Å²) in [6.45, 7) is 0. The Kier molecular flexibility index (Phi) is 4.47. The van der Waals surface area contributed by atoms with Crippen molar-refractivity contribution in [3.63, 3.8) is 0 Å². The molecule has 0 saturated carbocycles. The van der Waals surface area contributed by atoms with Crippen LogP contribution in [-0.2, 0) is 6.42 Å². The topological polar surface area (TPSA) is 38.0 Å². The third-order valence-electron chi connectivity index (χ3n) is 2.90. The van der Waals surface area contributed by atoms with Crippen molar-refractivity contribution in [2.75, 3.05) is 0 Å².